The molecule has 0 bridgehead atoms. The van der Waals surface area contributed by atoms with Gasteiger partial charge in [0, 0.05) is 23.4 Å². The molecule has 0 aliphatic heterocycles. The number of nitrogen functional groups attached to an aromatic ring is 1. The van der Waals surface area contributed by atoms with Crippen LogP contribution in [0.15, 0.2) is 42.5 Å². The zero-order valence-corrected chi connectivity index (χ0v) is 14.6. The maximum Gasteiger partial charge on any atom is 0.341 e. The fourth-order valence-corrected chi connectivity index (χ4v) is 2.19. The predicted molar refractivity (Wildman–Crippen MR) is 97.5 cm³/mol. The topological polar surface area (TPSA) is 142 Å². The van der Waals surface area contributed by atoms with Crippen molar-refractivity contribution in [1.29, 1.82) is 0 Å². The minimum atomic E-state index is -1.16. The number of ether oxygens (including phenoxy) is 1. The molecule has 2 rings (SSSR count). The van der Waals surface area contributed by atoms with Gasteiger partial charge in [0.25, 0.3) is 11.6 Å². The van der Waals surface area contributed by atoms with Crippen molar-refractivity contribution in [2.45, 2.75) is 20.0 Å². The summed E-state index contributed by atoms with van der Waals surface area (Å²) < 4.78 is 5.06. The van der Waals surface area contributed by atoms with Gasteiger partial charge in [0.2, 0.25) is 0 Å². The Morgan fingerprint density at radius 1 is 1.19 bits per heavy atom. The van der Waals surface area contributed by atoms with E-state index in [-0.39, 0.29) is 22.7 Å². The minimum Gasteiger partial charge on any atom is -0.449 e. The molecular formula is C18H17N3O6. The summed E-state index contributed by atoms with van der Waals surface area (Å²) in [6.07, 6.45) is -1.16. The SMILES string of the molecule is CC(=O)c1cccc(NC(=O)[C@H](C)OC(=O)c2ccc([N+](=O)[O-])cc2N)c1. The van der Waals surface area contributed by atoms with Gasteiger partial charge in [-0.25, -0.2) is 4.79 Å². The van der Waals surface area contributed by atoms with E-state index in [1.54, 1.807) is 18.2 Å². The van der Waals surface area contributed by atoms with Crippen LogP contribution in [0.3, 0.4) is 0 Å². The normalized spacial score (nSPS) is 11.3. The van der Waals surface area contributed by atoms with Crippen molar-refractivity contribution < 1.29 is 24.0 Å². The Morgan fingerprint density at radius 2 is 1.89 bits per heavy atom. The van der Waals surface area contributed by atoms with E-state index in [2.05, 4.69) is 5.32 Å². The first-order valence-corrected chi connectivity index (χ1v) is 7.86. The van der Waals surface area contributed by atoms with Gasteiger partial charge in [-0.2, -0.15) is 0 Å². The summed E-state index contributed by atoms with van der Waals surface area (Å²) in [5.41, 5.74) is 5.97. The second kappa shape index (κ2) is 8.09. The van der Waals surface area contributed by atoms with E-state index in [1.165, 1.54) is 19.9 Å². The zero-order chi connectivity index (χ0) is 20.1. The molecular weight excluding hydrogens is 354 g/mol. The molecule has 9 heteroatoms. The Morgan fingerprint density at radius 3 is 2.48 bits per heavy atom. The van der Waals surface area contributed by atoms with Crippen LogP contribution in [0.2, 0.25) is 0 Å². The molecule has 2 aromatic carbocycles. The first-order valence-electron chi connectivity index (χ1n) is 7.86. The number of hydrogen-bond donors (Lipinski definition) is 2. The first-order chi connectivity index (χ1) is 12.7. The van der Waals surface area contributed by atoms with Gasteiger partial charge in [-0.15, -0.1) is 0 Å². The highest BCUT2D eigenvalue weighted by atomic mass is 16.6. The van der Waals surface area contributed by atoms with Gasteiger partial charge >= 0.3 is 5.97 Å². The average Bonchev–Trinajstić information content (AvgIpc) is 2.61. The fourth-order valence-electron chi connectivity index (χ4n) is 2.19. The van der Waals surface area contributed by atoms with E-state index in [4.69, 9.17) is 10.5 Å². The van der Waals surface area contributed by atoms with Crippen molar-refractivity contribution >= 4 is 34.7 Å². The van der Waals surface area contributed by atoms with E-state index >= 15 is 0 Å². The number of nitro groups is 1. The maximum absolute atomic E-state index is 12.2. The van der Waals surface area contributed by atoms with Crippen LogP contribution in [-0.2, 0) is 9.53 Å². The monoisotopic (exact) mass is 371 g/mol. The lowest BCUT2D eigenvalue weighted by Crippen LogP contribution is -2.30. The average molecular weight is 371 g/mol. The van der Waals surface area contributed by atoms with Crippen LogP contribution in [0.1, 0.15) is 34.6 Å². The molecule has 0 fully saturated rings. The minimum absolute atomic E-state index is 0.0844. The van der Waals surface area contributed by atoms with E-state index in [1.807, 2.05) is 0 Å². The van der Waals surface area contributed by atoms with Crippen LogP contribution in [0.5, 0.6) is 0 Å². The fraction of sp³-hybridized carbons (Fsp3) is 0.167. The number of amides is 1. The third kappa shape index (κ3) is 4.88. The van der Waals surface area contributed by atoms with Crippen LogP contribution in [-0.4, -0.2) is 28.7 Å². The van der Waals surface area contributed by atoms with Crippen LogP contribution in [0.25, 0.3) is 0 Å². The van der Waals surface area contributed by atoms with Crippen LogP contribution >= 0.6 is 0 Å². The molecule has 1 amide bonds. The van der Waals surface area contributed by atoms with Gasteiger partial charge in [-0.05, 0) is 32.0 Å². The number of benzene rings is 2. The first kappa shape index (κ1) is 19.6. The molecule has 0 heterocycles. The second-order valence-corrected chi connectivity index (χ2v) is 5.70. The van der Waals surface area contributed by atoms with Gasteiger partial charge < -0.3 is 15.8 Å². The number of nitrogens with zero attached hydrogens (tertiary/aromatic N) is 1. The Balaban J connectivity index is 2.05. The van der Waals surface area contributed by atoms with Crippen LogP contribution in [0, 0.1) is 10.1 Å². The van der Waals surface area contributed by atoms with Crippen molar-refractivity contribution in [2.75, 3.05) is 11.1 Å². The van der Waals surface area contributed by atoms with Crippen molar-refractivity contribution in [3.05, 3.63) is 63.7 Å². The number of nitro benzene ring substituents is 1. The van der Waals surface area contributed by atoms with Gasteiger partial charge in [0.1, 0.15) is 0 Å². The number of rotatable bonds is 6. The zero-order valence-electron chi connectivity index (χ0n) is 14.6. The highest BCUT2D eigenvalue weighted by molar-refractivity contribution is 6.00. The van der Waals surface area contributed by atoms with E-state index in [9.17, 15) is 24.5 Å². The maximum atomic E-state index is 12.2. The Labute approximate surface area is 154 Å². The second-order valence-electron chi connectivity index (χ2n) is 5.70. The summed E-state index contributed by atoms with van der Waals surface area (Å²) in [7, 11) is 0. The van der Waals surface area contributed by atoms with E-state index < -0.39 is 22.9 Å². The molecule has 27 heavy (non-hydrogen) atoms. The van der Waals surface area contributed by atoms with Crippen molar-refractivity contribution in [2.24, 2.45) is 0 Å². The number of carbonyl (C=O) groups excluding carboxylic acids is 3. The molecule has 2 aromatic rings. The Hall–Kier alpha value is -3.75. The Bertz CT molecular complexity index is 925. The summed E-state index contributed by atoms with van der Waals surface area (Å²) in [5, 5.41) is 13.2. The van der Waals surface area contributed by atoms with Gasteiger partial charge in [0.05, 0.1) is 16.2 Å². The quantitative estimate of drug-likeness (QED) is 0.261. The van der Waals surface area contributed by atoms with Crippen LogP contribution < -0.4 is 11.1 Å². The molecule has 0 spiro atoms. The van der Waals surface area contributed by atoms with E-state index in [0.717, 1.165) is 18.2 Å². The molecule has 0 aromatic heterocycles. The predicted octanol–water partition coefficient (Wildman–Crippen LogP) is 2.56. The van der Waals surface area contributed by atoms with Gasteiger partial charge in [0.15, 0.2) is 11.9 Å². The molecule has 0 saturated heterocycles. The lowest BCUT2D eigenvalue weighted by Gasteiger charge is -2.14. The number of nitrogens with two attached hydrogens (primary N) is 1. The molecule has 1 atom stereocenters. The number of Topliss-reactive ketones (excluding diaryl/α,β-unsaturated/α-hetero) is 1. The number of carbonyl (C=O) groups is 3. The number of nitrogens with one attached hydrogen (secondary N) is 1. The molecule has 0 aliphatic rings. The van der Waals surface area contributed by atoms with Crippen molar-refractivity contribution in [1.82, 2.24) is 0 Å². The summed E-state index contributed by atoms with van der Waals surface area (Å²) in [5.74, 6) is -1.65. The lowest BCUT2D eigenvalue weighted by molar-refractivity contribution is -0.384. The summed E-state index contributed by atoms with van der Waals surface area (Å²) >= 11 is 0. The summed E-state index contributed by atoms with van der Waals surface area (Å²) in [6.45, 7) is 2.77. The Kier molecular flexibility index (Phi) is 5.86. The molecule has 0 radical (unpaired) electrons. The molecule has 0 unspecified atom stereocenters. The van der Waals surface area contributed by atoms with Gasteiger partial charge in [-0.3, -0.25) is 19.7 Å². The summed E-state index contributed by atoms with van der Waals surface area (Å²) in [4.78, 5) is 45.8. The molecule has 140 valence electrons. The molecule has 3 N–H and O–H groups in total. The van der Waals surface area contributed by atoms with Gasteiger partial charge in [-0.1, -0.05) is 12.1 Å². The molecule has 0 saturated carbocycles. The smallest absolute Gasteiger partial charge is 0.341 e. The number of non-ortho nitro benzene ring substituents is 1. The van der Waals surface area contributed by atoms with Crippen molar-refractivity contribution in [3.8, 4) is 0 Å². The largest absolute Gasteiger partial charge is 0.449 e. The highest BCUT2D eigenvalue weighted by Gasteiger charge is 2.22. The third-order valence-electron chi connectivity index (χ3n) is 3.66. The van der Waals surface area contributed by atoms with Crippen LogP contribution in [0.4, 0.5) is 17.1 Å². The van der Waals surface area contributed by atoms with E-state index in [0.29, 0.717) is 11.3 Å². The summed E-state index contributed by atoms with van der Waals surface area (Å²) in [6, 6.07) is 9.63. The highest BCUT2D eigenvalue weighted by Crippen LogP contribution is 2.21. The number of esters is 1. The standard InChI is InChI=1S/C18H17N3O6/c1-10(22)12-4-3-5-13(8-12)20-17(23)11(2)27-18(24)15-7-6-14(21(25)26)9-16(15)19/h3-9,11H,19H2,1-2H3,(H,20,23)/t11-/m0/s1. The molecule has 9 nitrogen and oxygen atoms in total. The third-order valence-corrected chi connectivity index (χ3v) is 3.66. The number of anilines is 2. The number of ketones is 1. The van der Waals surface area contributed by atoms with Crippen molar-refractivity contribution in [3.63, 3.8) is 0 Å². The lowest BCUT2D eigenvalue weighted by atomic mass is 10.1. The number of hydrogen-bond acceptors (Lipinski definition) is 7. The molecule has 0 aliphatic carbocycles.